The van der Waals surface area contributed by atoms with Crippen molar-refractivity contribution in [2.75, 3.05) is 18.4 Å². The van der Waals surface area contributed by atoms with Crippen LogP contribution >= 0.6 is 0 Å². The Bertz CT molecular complexity index is 890. The fraction of sp³-hybridized carbons (Fsp3) is 0.333. The Morgan fingerprint density at radius 1 is 1.35 bits per heavy atom. The molecule has 2 aromatic rings. The molecule has 136 valence electrons. The van der Waals surface area contributed by atoms with E-state index in [1.54, 1.807) is 36.1 Å². The number of aromatic amines is 1. The third-order valence-corrected chi connectivity index (χ3v) is 4.41. The standard InChI is InChI=1S/C18H21N5O3/c1-3-16(24)20-14-6-4-5-13(11-14)17(25)22-9-7-15(8-10-22)23-18(26)19-12(2)21-23/h3-6,11,15H,1,7-10H2,2H3,(H,20,24)(H,19,21,26). The highest BCUT2D eigenvalue weighted by Gasteiger charge is 2.26. The van der Waals surface area contributed by atoms with E-state index in [4.69, 9.17) is 0 Å². The van der Waals surface area contributed by atoms with Crippen molar-refractivity contribution in [1.29, 1.82) is 0 Å². The number of carbonyl (C=O) groups excluding carboxylic acids is 2. The summed E-state index contributed by atoms with van der Waals surface area (Å²) in [5.74, 6) is 0.172. The van der Waals surface area contributed by atoms with Crippen LogP contribution in [0.1, 0.15) is 35.1 Å². The summed E-state index contributed by atoms with van der Waals surface area (Å²) in [6, 6.07) is 6.81. The predicted molar refractivity (Wildman–Crippen MR) is 97.0 cm³/mol. The molecule has 2 N–H and O–H groups in total. The smallest absolute Gasteiger partial charge is 0.338 e. The Hall–Kier alpha value is -3.16. The number of H-pyrrole nitrogens is 1. The number of nitrogens with one attached hydrogen (secondary N) is 2. The van der Waals surface area contributed by atoms with Crippen LogP contribution in [0.4, 0.5) is 5.69 Å². The lowest BCUT2D eigenvalue weighted by atomic mass is 10.0. The van der Waals surface area contributed by atoms with Crippen LogP contribution < -0.4 is 11.0 Å². The molecule has 1 aromatic heterocycles. The van der Waals surface area contributed by atoms with Gasteiger partial charge in [-0.2, -0.15) is 5.10 Å². The molecule has 8 heteroatoms. The first-order chi connectivity index (χ1) is 12.5. The Balaban J connectivity index is 1.66. The predicted octanol–water partition coefficient (Wildman–Crippen LogP) is 1.48. The first-order valence-corrected chi connectivity index (χ1v) is 8.46. The molecule has 2 heterocycles. The number of nitrogens with zero attached hydrogens (tertiary/aromatic N) is 3. The summed E-state index contributed by atoms with van der Waals surface area (Å²) in [6.45, 7) is 6.25. The summed E-state index contributed by atoms with van der Waals surface area (Å²) in [7, 11) is 0. The second-order valence-electron chi connectivity index (χ2n) is 6.26. The van der Waals surface area contributed by atoms with E-state index in [0.29, 0.717) is 43.0 Å². The number of anilines is 1. The molecule has 1 aliphatic heterocycles. The topological polar surface area (TPSA) is 100 Å². The van der Waals surface area contributed by atoms with E-state index in [1.165, 1.54) is 10.8 Å². The molecule has 0 unspecified atom stereocenters. The zero-order valence-corrected chi connectivity index (χ0v) is 14.6. The number of amides is 2. The first kappa shape index (κ1) is 17.7. The molecule has 0 aliphatic carbocycles. The molecule has 1 aliphatic rings. The van der Waals surface area contributed by atoms with E-state index < -0.39 is 0 Å². The third kappa shape index (κ3) is 3.74. The van der Waals surface area contributed by atoms with Crippen LogP contribution in [0.25, 0.3) is 0 Å². The van der Waals surface area contributed by atoms with Crippen molar-refractivity contribution in [3.63, 3.8) is 0 Å². The number of piperidine rings is 1. The van der Waals surface area contributed by atoms with Gasteiger partial charge in [0.05, 0.1) is 6.04 Å². The van der Waals surface area contributed by atoms with Gasteiger partial charge in [-0.15, -0.1) is 0 Å². The van der Waals surface area contributed by atoms with E-state index in [9.17, 15) is 14.4 Å². The number of rotatable bonds is 4. The summed E-state index contributed by atoms with van der Waals surface area (Å²) in [5.41, 5.74) is 0.852. The summed E-state index contributed by atoms with van der Waals surface area (Å²) in [6.07, 6.45) is 2.52. The van der Waals surface area contributed by atoms with Crippen molar-refractivity contribution in [2.24, 2.45) is 0 Å². The van der Waals surface area contributed by atoms with Gasteiger partial charge in [-0.25, -0.2) is 9.48 Å². The molecule has 3 rings (SSSR count). The highest BCUT2D eigenvalue weighted by atomic mass is 16.2. The lowest BCUT2D eigenvalue weighted by molar-refractivity contribution is -0.111. The minimum absolute atomic E-state index is 0.00489. The number of hydrogen-bond acceptors (Lipinski definition) is 4. The molecular formula is C18H21N5O3. The zero-order valence-electron chi connectivity index (χ0n) is 14.6. The second-order valence-corrected chi connectivity index (χ2v) is 6.26. The van der Waals surface area contributed by atoms with Crippen LogP contribution in [-0.2, 0) is 4.79 Å². The van der Waals surface area contributed by atoms with Gasteiger partial charge >= 0.3 is 5.69 Å². The quantitative estimate of drug-likeness (QED) is 0.811. The van der Waals surface area contributed by atoms with Crippen LogP contribution in [-0.4, -0.2) is 44.6 Å². The van der Waals surface area contributed by atoms with Gasteiger partial charge in [0.15, 0.2) is 0 Å². The van der Waals surface area contributed by atoms with Gasteiger partial charge in [-0.3, -0.25) is 14.6 Å². The lowest BCUT2D eigenvalue weighted by Crippen LogP contribution is -2.40. The van der Waals surface area contributed by atoms with Crippen LogP contribution in [0.3, 0.4) is 0 Å². The molecule has 26 heavy (non-hydrogen) atoms. The summed E-state index contributed by atoms with van der Waals surface area (Å²) in [4.78, 5) is 40.4. The summed E-state index contributed by atoms with van der Waals surface area (Å²) < 4.78 is 1.47. The number of hydrogen-bond donors (Lipinski definition) is 2. The molecule has 2 amide bonds. The molecule has 0 atom stereocenters. The fourth-order valence-electron chi connectivity index (χ4n) is 3.11. The molecule has 1 aromatic carbocycles. The summed E-state index contributed by atoms with van der Waals surface area (Å²) >= 11 is 0. The van der Waals surface area contributed by atoms with E-state index in [-0.39, 0.29) is 23.5 Å². The Kier molecular flexibility index (Phi) is 5.01. The molecule has 8 nitrogen and oxygen atoms in total. The number of likely N-dealkylation sites (tertiary alicyclic amines) is 1. The van der Waals surface area contributed by atoms with E-state index in [2.05, 4.69) is 22.0 Å². The second kappa shape index (κ2) is 7.38. The molecule has 0 spiro atoms. The monoisotopic (exact) mass is 355 g/mol. The van der Waals surface area contributed by atoms with Crippen molar-refractivity contribution in [3.05, 3.63) is 58.8 Å². The molecular weight excluding hydrogens is 334 g/mol. The van der Waals surface area contributed by atoms with Crippen molar-refractivity contribution < 1.29 is 9.59 Å². The van der Waals surface area contributed by atoms with Gasteiger partial charge in [0.2, 0.25) is 5.91 Å². The largest absolute Gasteiger partial charge is 0.343 e. The minimum atomic E-state index is -0.324. The Morgan fingerprint density at radius 3 is 2.69 bits per heavy atom. The molecule has 0 saturated carbocycles. The maximum absolute atomic E-state index is 12.7. The van der Waals surface area contributed by atoms with Crippen LogP contribution in [0, 0.1) is 6.92 Å². The van der Waals surface area contributed by atoms with Crippen molar-refractivity contribution in [2.45, 2.75) is 25.8 Å². The van der Waals surface area contributed by atoms with Crippen molar-refractivity contribution >= 4 is 17.5 Å². The number of aryl methyl sites for hydroxylation is 1. The van der Waals surface area contributed by atoms with Gasteiger partial charge in [-0.1, -0.05) is 12.6 Å². The van der Waals surface area contributed by atoms with Crippen LogP contribution in [0.5, 0.6) is 0 Å². The van der Waals surface area contributed by atoms with E-state index in [1.807, 2.05) is 0 Å². The van der Waals surface area contributed by atoms with Crippen LogP contribution in [0.2, 0.25) is 0 Å². The lowest BCUT2D eigenvalue weighted by Gasteiger charge is -2.31. The van der Waals surface area contributed by atoms with Gasteiger partial charge in [0.25, 0.3) is 5.91 Å². The summed E-state index contributed by atoms with van der Waals surface area (Å²) in [5, 5.41) is 6.86. The first-order valence-electron chi connectivity index (χ1n) is 8.46. The van der Waals surface area contributed by atoms with Gasteiger partial charge in [0, 0.05) is 24.3 Å². The number of aromatic nitrogens is 3. The van der Waals surface area contributed by atoms with Crippen molar-refractivity contribution in [3.8, 4) is 0 Å². The zero-order chi connectivity index (χ0) is 18.7. The molecule has 1 saturated heterocycles. The molecule has 0 bridgehead atoms. The van der Waals surface area contributed by atoms with Gasteiger partial charge < -0.3 is 10.2 Å². The highest BCUT2D eigenvalue weighted by molar-refractivity contribution is 6.00. The molecule has 0 radical (unpaired) electrons. The maximum atomic E-state index is 12.7. The average molecular weight is 355 g/mol. The third-order valence-electron chi connectivity index (χ3n) is 4.41. The Morgan fingerprint density at radius 2 is 2.08 bits per heavy atom. The van der Waals surface area contributed by atoms with Crippen molar-refractivity contribution in [1.82, 2.24) is 19.7 Å². The van der Waals surface area contributed by atoms with E-state index in [0.717, 1.165) is 0 Å². The molecule has 1 fully saturated rings. The minimum Gasteiger partial charge on any atom is -0.338 e. The normalized spacial score (nSPS) is 14.9. The van der Waals surface area contributed by atoms with Crippen LogP contribution in [0.15, 0.2) is 41.7 Å². The Labute approximate surface area is 150 Å². The number of benzene rings is 1. The maximum Gasteiger partial charge on any atom is 0.343 e. The van der Waals surface area contributed by atoms with E-state index >= 15 is 0 Å². The highest BCUT2D eigenvalue weighted by Crippen LogP contribution is 2.22. The van der Waals surface area contributed by atoms with Gasteiger partial charge in [0.1, 0.15) is 5.82 Å². The average Bonchev–Trinajstić information content (AvgIpc) is 2.99. The fourth-order valence-corrected chi connectivity index (χ4v) is 3.11. The number of carbonyl (C=O) groups is 2. The van der Waals surface area contributed by atoms with Gasteiger partial charge in [-0.05, 0) is 44.0 Å². The SMILES string of the molecule is C=CC(=O)Nc1cccc(C(=O)N2CCC(n3nc(C)[nH]c3=O)CC2)c1.